The minimum absolute atomic E-state index is 0.0776. The fraction of sp³-hybridized carbons (Fsp3) is 0.250. The number of rotatable bonds is 6. The lowest BCUT2D eigenvalue weighted by Gasteiger charge is -2.30. The van der Waals surface area contributed by atoms with Crippen molar-refractivity contribution in [2.75, 3.05) is 29.9 Å². The number of benzene rings is 2. The summed E-state index contributed by atoms with van der Waals surface area (Å²) in [6.45, 7) is 1.35. The van der Waals surface area contributed by atoms with Crippen LogP contribution in [-0.2, 0) is 4.79 Å². The molecule has 1 fully saturated rings. The number of aromatic nitrogens is 1. The molecule has 0 radical (unpaired) electrons. The molecule has 1 aliphatic heterocycles. The highest BCUT2D eigenvalue weighted by atomic mass is 16.2. The normalized spacial score (nSPS) is 13.5. The van der Waals surface area contributed by atoms with Crippen LogP contribution in [0.3, 0.4) is 0 Å². The first-order chi connectivity index (χ1) is 15.9. The van der Waals surface area contributed by atoms with Gasteiger partial charge in [0.05, 0.1) is 17.9 Å². The van der Waals surface area contributed by atoms with E-state index >= 15 is 0 Å². The molecule has 0 aliphatic carbocycles. The fourth-order valence-corrected chi connectivity index (χ4v) is 3.99. The van der Waals surface area contributed by atoms with E-state index in [-0.39, 0.29) is 17.7 Å². The Labute approximate surface area is 190 Å². The molecule has 3 aromatic rings. The van der Waals surface area contributed by atoms with E-state index in [0.29, 0.717) is 16.6 Å². The van der Waals surface area contributed by atoms with E-state index in [1.165, 1.54) is 6.20 Å². The standard InChI is InChI=1S/C24H25N5O4/c25-23(32)15-8-9-20(29-10-4-1-5-11-29)19(12-15)28-21(30)14-27-24(33)17-13-26-18-7-3-2-6-16(18)22(17)31/h2-3,6-9,12-13H,1,4-5,10-11,14H2,(H2,25,32)(H,26,31)(H,27,33)(H,28,30). The summed E-state index contributed by atoms with van der Waals surface area (Å²) < 4.78 is 0. The number of fused-ring (bicyclic) bond motifs is 1. The number of nitrogens with zero attached hydrogens (tertiary/aromatic N) is 1. The van der Waals surface area contributed by atoms with Gasteiger partial charge in [-0.2, -0.15) is 0 Å². The minimum Gasteiger partial charge on any atom is -0.370 e. The Hall–Kier alpha value is -4.14. The first kappa shape index (κ1) is 22.1. The molecule has 9 nitrogen and oxygen atoms in total. The zero-order chi connectivity index (χ0) is 23.4. The number of amides is 3. The maximum absolute atomic E-state index is 12.6. The summed E-state index contributed by atoms with van der Waals surface area (Å²) in [5.41, 5.74) is 7.06. The van der Waals surface area contributed by atoms with Crippen LogP contribution in [0, 0.1) is 0 Å². The number of aromatic amines is 1. The Bertz CT molecular complexity index is 1280. The Morgan fingerprint density at radius 2 is 1.79 bits per heavy atom. The molecule has 0 spiro atoms. The van der Waals surface area contributed by atoms with Crippen molar-refractivity contribution in [1.29, 1.82) is 0 Å². The van der Waals surface area contributed by atoms with Gasteiger partial charge in [0.1, 0.15) is 5.56 Å². The number of hydrogen-bond acceptors (Lipinski definition) is 5. The number of primary amides is 1. The maximum atomic E-state index is 12.6. The number of hydrogen-bond donors (Lipinski definition) is 4. The molecule has 170 valence electrons. The SMILES string of the molecule is NC(=O)c1ccc(N2CCCCC2)c(NC(=O)CNC(=O)c2c[nH]c3ccccc3c2=O)c1. The summed E-state index contributed by atoms with van der Waals surface area (Å²) in [6.07, 6.45) is 4.57. The van der Waals surface area contributed by atoms with Crippen molar-refractivity contribution in [2.24, 2.45) is 5.73 Å². The minimum atomic E-state index is -0.653. The summed E-state index contributed by atoms with van der Waals surface area (Å²) in [7, 11) is 0. The van der Waals surface area contributed by atoms with E-state index in [0.717, 1.165) is 38.0 Å². The van der Waals surface area contributed by atoms with Gasteiger partial charge in [-0.3, -0.25) is 19.2 Å². The van der Waals surface area contributed by atoms with Crippen molar-refractivity contribution < 1.29 is 14.4 Å². The van der Waals surface area contributed by atoms with Gasteiger partial charge < -0.3 is 26.3 Å². The topological polar surface area (TPSA) is 137 Å². The summed E-state index contributed by atoms with van der Waals surface area (Å²) >= 11 is 0. The molecule has 1 aromatic heterocycles. The maximum Gasteiger partial charge on any atom is 0.257 e. The van der Waals surface area contributed by atoms with Gasteiger partial charge >= 0.3 is 0 Å². The molecule has 0 unspecified atom stereocenters. The third kappa shape index (κ3) is 4.87. The Kier molecular flexibility index (Phi) is 6.39. The van der Waals surface area contributed by atoms with Crippen LogP contribution in [0.15, 0.2) is 53.5 Å². The Morgan fingerprint density at radius 1 is 1.03 bits per heavy atom. The van der Waals surface area contributed by atoms with Crippen molar-refractivity contribution in [2.45, 2.75) is 19.3 Å². The highest BCUT2D eigenvalue weighted by Gasteiger charge is 2.19. The average Bonchev–Trinajstić information content (AvgIpc) is 2.83. The zero-order valence-electron chi connectivity index (χ0n) is 18.0. The second-order valence-electron chi connectivity index (χ2n) is 7.95. The number of pyridine rings is 1. The van der Waals surface area contributed by atoms with Gasteiger partial charge in [-0.1, -0.05) is 12.1 Å². The van der Waals surface area contributed by atoms with Gasteiger partial charge in [0, 0.05) is 35.8 Å². The first-order valence-electron chi connectivity index (χ1n) is 10.8. The summed E-state index contributed by atoms with van der Waals surface area (Å²) in [5, 5.41) is 5.64. The van der Waals surface area contributed by atoms with E-state index < -0.39 is 23.2 Å². The molecule has 2 heterocycles. The van der Waals surface area contributed by atoms with Crippen LogP contribution in [-0.4, -0.2) is 42.3 Å². The molecule has 3 amide bonds. The molecule has 0 saturated carbocycles. The largest absolute Gasteiger partial charge is 0.370 e. The van der Waals surface area contributed by atoms with Gasteiger partial charge in [0.25, 0.3) is 5.91 Å². The number of nitrogens with two attached hydrogens (primary N) is 1. The van der Waals surface area contributed by atoms with Crippen molar-refractivity contribution in [1.82, 2.24) is 10.3 Å². The lowest BCUT2D eigenvalue weighted by atomic mass is 10.1. The molecule has 9 heteroatoms. The summed E-state index contributed by atoms with van der Waals surface area (Å²) in [5.74, 6) is -1.74. The highest BCUT2D eigenvalue weighted by Crippen LogP contribution is 2.29. The first-order valence-corrected chi connectivity index (χ1v) is 10.8. The number of H-pyrrole nitrogens is 1. The molecule has 1 saturated heterocycles. The second-order valence-corrected chi connectivity index (χ2v) is 7.95. The number of para-hydroxylation sites is 1. The number of carbonyl (C=O) groups excluding carboxylic acids is 3. The van der Waals surface area contributed by atoms with Crippen LogP contribution in [0.2, 0.25) is 0 Å². The number of nitrogens with one attached hydrogen (secondary N) is 3. The molecule has 33 heavy (non-hydrogen) atoms. The number of carbonyl (C=O) groups is 3. The van der Waals surface area contributed by atoms with Gasteiger partial charge in [0.15, 0.2) is 0 Å². The summed E-state index contributed by atoms with van der Waals surface area (Å²) in [6, 6.07) is 11.8. The van der Waals surface area contributed by atoms with Crippen molar-refractivity contribution >= 4 is 40.0 Å². The van der Waals surface area contributed by atoms with E-state index in [9.17, 15) is 19.2 Å². The monoisotopic (exact) mass is 447 g/mol. The van der Waals surface area contributed by atoms with Gasteiger partial charge in [-0.25, -0.2) is 0 Å². The van der Waals surface area contributed by atoms with E-state index in [1.54, 1.807) is 42.5 Å². The molecule has 4 rings (SSSR count). The van der Waals surface area contributed by atoms with Gasteiger partial charge in [0.2, 0.25) is 17.2 Å². The van der Waals surface area contributed by atoms with E-state index in [2.05, 4.69) is 20.5 Å². The van der Waals surface area contributed by atoms with Crippen LogP contribution < -0.4 is 26.7 Å². The Balaban J connectivity index is 1.48. The predicted molar refractivity (Wildman–Crippen MR) is 127 cm³/mol. The second kappa shape index (κ2) is 9.56. The van der Waals surface area contributed by atoms with Crippen LogP contribution in [0.1, 0.15) is 40.0 Å². The predicted octanol–water partition coefficient (Wildman–Crippen LogP) is 1.99. The van der Waals surface area contributed by atoms with E-state index in [1.807, 2.05) is 0 Å². The molecule has 2 aromatic carbocycles. The third-order valence-corrected chi connectivity index (χ3v) is 5.69. The molecule has 0 bridgehead atoms. The van der Waals surface area contributed by atoms with Gasteiger partial charge in [-0.15, -0.1) is 0 Å². The Morgan fingerprint density at radius 3 is 2.55 bits per heavy atom. The van der Waals surface area contributed by atoms with Crippen molar-refractivity contribution in [3.8, 4) is 0 Å². The van der Waals surface area contributed by atoms with Crippen LogP contribution >= 0.6 is 0 Å². The molecular formula is C24H25N5O4. The number of piperidine rings is 1. The number of anilines is 2. The lowest BCUT2D eigenvalue weighted by Crippen LogP contribution is -2.36. The quantitative estimate of drug-likeness (QED) is 0.458. The van der Waals surface area contributed by atoms with Crippen LogP contribution in [0.4, 0.5) is 11.4 Å². The smallest absolute Gasteiger partial charge is 0.257 e. The van der Waals surface area contributed by atoms with Gasteiger partial charge in [-0.05, 0) is 49.6 Å². The highest BCUT2D eigenvalue weighted by molar-refractivity contribution is 6.03. The van der Waals surface area contributed by atoms with Crippen molar-refractivity contribution in [3.63, 3.8) is 0 Å². The van der Waals surface area contributed by atoms with Crippen LogP contribution in [0.5, 0.6) is 0 Å². The van der Waals surface area contributed by atoms with Crippen molar-refractivity contribution in [3.05, 3.63) is 70.0 Å². The molecule has 0 atom stereocenters. The summed E-state index contributed by atoms with van der Waals surface area (Å²) in [4.78, 5) is 54.5. The molecular weight excluding hydrogens is 422 g/mol. The molecule has 5 N–H and O–H groups in total. The lowest BCUT2D eigenvalue weighted by molar-refractivity contribution is -0.115. The third-order valence-electron chi connectivity index (χ3n) is 5.69. The molecule has 1 aliphatic rings. The zero-order valence-corrected chi connectivity index (χ0v) is 18.0. The average molecular weight is 447 g/mol. The van der Waals surface area contributed by atoms with E-state index in [4.69, 9.17) is 5.73 Å². The fourth-order valence-electron chi connectivity index (χ4n) is 3.99. The van der Waals surface area contributed by atoms with Crippen LogP contribution in [0.25, 0.3) is 10.9 Å².